The molecule has 0 spiro atoms. The van der Waals surface area contributed by atoms with Gasteiger partial charge in [0.15, 0.2) is 6.10 Å². The van der Waals surface area contributed by atoms with Gasteiger partial charge in [-0.2, -0.15) is 0 Å². The van der Waals surface area contributed by atoms with Gasteiger partial charge < -0.3 is 14.5 Å². The summed E-state index contributed by atoms with van der Waals surface area (Å²) in [5, 5.41) is 0.484. The highest BCUT2D eigenvalue weighted by atomic mass is 35.5. The zero-order valence-electron chi connectivity index (χ0n) is 14.7. The number of hydrogen-bond acceptors (Lipinski definition) is 3. The summed E-state index contributed by atoms with van der Waals surface area (Å²) < 4.78 is 5.68. The summed E-state index contributed by atoms with van der Waals surface area (Å²) in [4.78, 5) is 28.4. The van der Waals surface area contributed by atoms with Crippen LogP contribution < -0.4 is 4.74 Å². The van der Waals surface area contributed by atoms with Crippen LogP contribution in [-0.4, -0.2) is 53.9 Å². The second-order valence-electron chi connectivity index (χ2n) is 7.06. The molecule has 1 heterocycles. The van der Waals surface area contributed by atoms with E-state index in [-0.39, 0.29) is 11.8 Å². The zero-order chi connectivity index (χ0) is 17.9. The maximum atomic E-state index is 12.5. The van der Waals surface area contributed by atoms with Crippen LogP contribution in [0, 0.1) is 5.41 Å². The summed E-state index contributed by atoms with van der Waals surface area (Å²) in [6.07, 6.45) is -0.616. The molecule has 1 aliphatic heterocycles. The Morgan fingerprint density at radius 2 is 1.62 bits per heavy atom. The number of piperazine rings is 1. The van der Waals surface area contributed by atoms with Crippen molar-refractivity contribution in [2.45, 2.75) is 33.8 Å². The van der Waals surface area contributed by atoms with Crippen molar-refractivity contribution in [3.63, 3.8) is 0 Å². The molecule has 6 heteroatoms. The van der Waals surface area contributed by atoms with Gasteiger partial charge in [-0.1, -0.05) is 44.5 Å². The van der Waals surface area contributed by atoms with Crippen LogP contribution in [0.5, 0.6) is 5.75 Å². The van der Waals surface area contributed by atoms with Crippen molar-refractivity contribution in [3.8, 4) is 5.75 Å². The van der Waals surface area contributed by atoms with Gasteiger partial charge in [-0.3, -0.25) is 9.59 Å². The number of carbonyl (C=O) groups is 2. The fraction of sp³-hybridized carbons (Fsp3) is 0.556. The Morgan fingerprint density at radius 1 is 1.08 bits per heavy atom. The van der Waals surface area contributed by atoms with E-state index in [0.29, 0.717) is 37.0 Å². The van der Waals surface area contributed by atoms with E-state index in [1.165, 1.54) is 0 Å². The van der Waals surface area contributed by atoms with Gasteiger partial charge in [0.05, 0.1) is 5.02 Å². The topological polar surface area (TPSA) is 49.9 Å². The Morgan fingerprint density at radius 3 is 2.17 bits per heavy atom. The van der Waals surface area contributed by atoms with Crippen LogP contribution in [0.15, 0.2) is 24.3 Å². The normalized spacial score (nSPS) is 16.7. The maximum absolute atomic E-state index is 12.5. The number of benzene rings is 1. The number of amides is 2. The lowest BCUT2D eigenvalue weighted by atomic mass is 9.94. The number of nitrogens with zero attached hydrogens (tertiary/aromatic N) is 2. The second-order valence-corrected chi connectivity index (χ2v) is 7.47. The molecule has 0 bridgehead atoms. The van der Waals surface area contributed by atoms with Crippen molar-refractivity contribution >= 4 is 23.4 Å². The van der Waals surface area contributed by atoms with Crippen LogP contribution in [0.1, 0.15) is 27.7 Å². The van der Waals surface area contributed by atoms with Gasteiger partial charge in [-0.15, -0.1) is 0 Å². The number of para-hydroxylation sites is 1. The number of rotatable bonds is 3. The molecule has 0 radical (unpaired) electrons. The number of carbonyl (C=O) groups excluding carboxylic acids is 2. The molecule has 1 aromatic carbocycles. The Labute approximate surface area is 148 Å². The van der Waals surface area contributed by atoms with E-state index < -0.39 is 11.5 Å². The first-order valence-corrected chi connectivity index (χ1v) is 8.57. The van der Waals surface area contributed by atoms with Crippen molar-refractivity contribution < 1.29 is 14.3 Å². The van der Waals surface area contributed by atoms with Crippen LogP contribution in [0.2, 0.25) is 5.02 Å². The van der Waals surface area contributed by atoms with Crippen LogP contribution in [0.4, 0.5) is 0 Å². The third-order valence-electron chi connectivity index (χ3n) is 4.01. The van der Waals surface area contributed by atoms with Crippen molar-refractivity contribution in [1.29, 1.82) is 0 Å². The third kappa shape index (κ3) is 4.41. The molecule has 0 N–H and O–H groups in total. The smallest absolute Gasteiger partial charge is 0.263 e. The predicted octanol–water partition coefficient (Wildman–Crippen LogP) is 2.82. The first kappa shape index (κ1) is 18.6. The highest BCUT2D eigenvalue weighted by Gasteiger charge is 2.32. The fourth-order valence-corrected chi connectivity index (χ4v) is 2.82. The van der Waals surface area contributed by atoms with E-state index in [9.17, 15) is 9.59 Å². The monoisotopic (exact) mass is 352 g/mol. The van der Waals surface area contributed by atoms with E-state index in [2.05, 4.69) is 0 Å². The molecule has 1 saturated heterocycles. The second kappa shape index (κ2) is 7.43. The first-order chi connectivity index (χ1) is 11.2. The highest BCUT2D eigenvalue weighted by Crippen LogP contribution is 2.25. The Bertz CT molecular complexity index is 605. The van der Waals surface area contributed by atoms with Crippen LogP contribution >= 0.6 is 11.6 Å². The average Bonchev–Trinajstić information content (AvgIpc) is 2.55. The SMILES string of the molecule is CC(Oc1ccccc1Cl)C(=O)N1CCN(C(=O)C(C)(C)C)CC1. The molecular weight excluding hydrogens is 328 g/mol. The molecule has 0 aliphatic carbocycles. The molecule has 1 aromatic rings. The Balaban J connectivity index is 1.90. The molecule has 0 saturated carbocycles. The van der Waals surface area contributed by atoms with Crippen molar-refractivity contribution in [2.24, 2.45) is 5.41 Å². The summed E-state index contributed by atoms with van der Waals surface area (Å²) in [7, 11) is 0. The van der Waals surface area contributed by atoms with Gasteiger partial charge in [-0.25, -0.2) is 0 Å². The van der Waals surface area contributed by atoms with Crippen molar-refractivity contribution in [3.05, 3.63) is 29.3 Å². The lowest BCUT2D eigenvalue weighted by molar-refractivity contribution is -0.147. The van der Waals surface area contributed by atoms with Crippen LogP contribution in [-0.2, 0) is 9.59 Å². The molecular formula is C18H25ClN2O3. The lowest BCUT2D eigenvalue weighted by Gasteiger charge is -2.38. The highest BCUT2D eigenvalue weighted by molar-refractivity contribution is 6.32. The number of halogens is 1. The number of ether oxygens (including phenoxy) is 1. The first-order valence-electron chi connectivity index (χ1n) is 8.19. The maximum Gasteiger partial charge on any atom is 0.263 e. The van der Waals surface area contributed by atoms with Gasteiger partial charge in [0.1, 0.15) is 5.75 Å². The van der Waals surface area contributed by atoms with Crippen molar-refractivity contribution in [2.75, 3.05) is 26.2 Å². The van der Waals surface area contributed by atoms with Gasteiger partial charge >= 0.3 is 0 Å². The van der Waals surface area contributed by atoms with Gasteiger partial charge in [0.25, 0.3) is 5.91 Å². The molecule has 1 atom stereocenters. The van der Waals surface area contributed by atoms with Gasteiger partial charge in [-0.05, 0) is 19.1 Å². The summed E-state index contributed by atoms with van der Waals surface area (Å²) in [5.41, 5.74) is -0.396. The largest absolute Gasteiger partial charge is 0.479 e. The minimum absolute atomic E-state index is 0.0854. The fourth-order valence-electron chi connectivity index (χ4n) is 2.64. The molecule has 5 nitrogen and oxygen atoms in total. The predicted molar refractivity (Wildman–Crippen MR) is 94.2 cm³/mol. The molecule has 2 amide bonds. The molecule has 24 heavy (non-hydrogen) atoms. The zero-order valence-corrected chi connectivity index (χ0v) is 15.5. The van der Waals surface area contributed by atoms with Crippen LogP contribution in [0.3, 0.4) is 0 Å². The standard InChI is InChI=1S/C18H25ClN2O3/c1-13(24-15-8-6-5-7-14(15)19)16(22)20-9-11-21(12-10-20)17(23)18(2,3)4/h5-8,13H,9-12H2,1-4H3. The minimum atomic E-state index is -0.616. The quantitative estimate of drug-likeness (QED) is 0.840. The summed E-state index contributed by atoms with van der Waals surface area (Å²) in [6.45, 7) is 9.61. The third-order valence-corrected chi connectivity index (χ3v) is 4.32. The summed E-state index contributed by atoms with van der Waals surface area (Å²) in [6, 6.07) is 7.10. The van der Waals surface area contributed by atoms with E-state index in [1.807, 2.05) is 37.8 Å². The van der Waals surface area contributed by atoms with E-state index in [0.717, 1.165) is 0 Å². The molecule has 1 unspecified atom stereocenters. The van der Waals surface area contributed by atoms with Crippen LogP contribution in [0.25, 0.3) is 0 Å². The summed E-state index contributed by atoms with van der Waals surface area (Å²) >= 11 is 6.06. The average molecular weight is 353 g/mol. The van der Waals surface area contributed by atoms with Gasteiger partial charge in [0, 0.05) is 31.6 Å². The Hall–Kier alpha value is -1.75. The molecule has 132 valence electrons. The summed E-state index contributed by atoms with van der Waals surface area (Å²) in [5.74, 6) is 0.536. The minimum Gasteiger partial charge on any atom is -0.479 e. The Kier molecular flexibility index (Phi) is 5.75. The molecule has 0 aromatic heterocycles. The van der Waals surface area contributed by atoms with E-state index >= 15 is 0 Å². The van der Waals surface area contributed by atoms with E-state index in [4.69, 9.17) is 16.3 Å². The number of hydrogen-bond donors (Lipinski definition) is 0. The van der Waals surface area contributed by atoms with Crippen molar-refractivity contribution in [1.82, 2.24) is 9.80 Å². The van der Waals surface area contributed by atoms with E-state index in [1.54, 1.807) is 24.0 Å². The molecule has 1 aliphatic rings. The van der Waals surface area contributed by atoms with Gasteiger partial charge in [0.2, 0.25) is 5.91 Å². The molecule has 2 rings (SSSR count). The lowest BCUT2D eigenvalue weighted by Crippen LogP contribution is -2.55. The molecule has 1 fully saturated rings.